The van der Waals surface area contributed by atoms with Crippen LogP contribution < -0.4 is 5.32 Å². The number of benzene rings is 1. The molecule has 1 fully saturated rings. The summed E-state index contributed by atoms with van der Waals surface area (Å²) in [5.41, 5.74) is 0.704. The molecule has 1 atom stereocenters. The Balaban J connectivity index is 2.20. The molecule has 0 radical (unpaired) electrons. The first-order valence-electron chi connectivity index (χ1n) is 5.65. The topological polar surface area (TPSA) is 69.6 Å². The van der Waals surface area contributed by atoms with Crippen molar-refractivity contribution in [3.05, 3.63) is 33.8 Å². The minimum atomic E-state index is -0.974. The molecule has 2 N–H and O–H groups in total. The second kappa shape index (κ2) is 5.77. The van der Waals surface area contributed by atoms with Gasteiger partial charge < -0.3 is 10.4 Å². The van der Waals surface area contributed by atoms with E-state index in [1.165, 1.54) is 0 Å². The van der Waals surface area contributed by atoms with Crippen molar-refractivity contribution in [2.45, 2.75) is 12.6 Å². The zero-order chi connectivity index (χ0) is 14.0. The van der Waals surface area contributed by atoms with Gasteiger partial charge in [0.05, 0.1) is 6.54 Å². The van der Waals surface area contributed by atoms with Crippen LogP contribution in [0.15, 0.2) is 18.2 Å². The van der Waals surface area contributed by atoms with Crippen LogP contribution in [0, 0.1) is 0 Å². The van der Waals surface area contributed by atoms with Gasteiger partial charge in [-0.3, -0.25) is 14.5 Å². The number of nitrogens with zero attached hydrogens (tertiary/aromatic N) is 1. The van der Waals surface area contributed by atoms with Crippen LogP contribution in [0.5, 0.6) is 0 Å². The maximum absolute atomic E-state index is 11.4. The van der Waals surface area contributed by atoms with E-state index in [0.717, 1.165) is 0 Å². The fourth-order valence-electron chi connectivity index (χ4n) is 1.98. The van der Waals surface area contributed by atoms with E-state index in [1.54, 1.807) is 23.1 Å². The lowest BCUT2D eigenvalue weighted by Gasteiger charge is -2.32. The Kier molecular flexibility index (Phi) is 4.29. The monoisotopic (exact) mass is 302 g/mol. The van der Waals surface area contributed by atoms with Crippen LogP contribution in [0.2, 0.25) is 10.0 Å². The lowest BCUT2D eigenvalue weighted by Crippen LogP contribution is -2.56. The van der Waals surface area contributed by atoms with Crippen LogP contribution in [0.3, 0.4) is 0 Å². The maximum atomic E-state index is 11.4. The van der Waals surface area contributed by atoms with Crippen molar-refractivity contribution >= 4 is 35.1 Å². The summed E-state index contributed by atoms with van der Waals surface area (Å²) >= 11 is 11.9. The van der Waals surface area contributed by atoms with Crippen LogP contribution in [-0.4, -0.2) is 41.0 Å². The Morgan fingerprint density at radius 1 is 1.47 bits per heavy atom. The van der Waals surface area contributed by atoms with E-state index < -0.39 is 12.0 Å². The number of halogens is 2. The smallest absolute Gasteiger partial charge is 0.322 e. The quantitative estimate of drug-likeness (QED) is 0.885. The second-order valence-electron chi connectivity index (χ2n) is 4.30. The standard InChI is InChI=1S/C12H12Cl2N2O3/c13-8-1-2-9(14)7(3-8)5-16-6-11(17)15-4-10(16)12(18)19/h1-3,10H,4-6H2,(H,15,17)(H,18,19). The molecule has 1 aromatic rings. The number of carbonyl (C=O) groups excluding carboxylic acids is 1. The van der Waals surface area contributed by atoms with Crippen LogP contribution >= 0.6 is 23.2 Å². The van der Waals surface area contributed by atoms with E-state index in [9.17, 15) is 9.59 Å². The highest BCUT2D eigenvalue weighted by Crippen LogP contribution is 2.23. The number of carboxylic acid groups (broad SMARTS) is 1. The number of hydrogen-bond donors (Lipinski definition) is 2. The zero-order valence-electron chi connectivity index (χ0n) is 9.90. The molecule has 7 heteroatoms. The van der Waals surface area contributed by atoms with E-state index in [2.05, 4.69) is 5.32 Å². The predicted molar refractivity (Wildman–Crippen MR) is 71.3 cm³/mol. The highest BCUT2D eigenvalue weighted by atomic mass is 35.5. The fourth-order valence-corrected chi connectivity index (χ4v) is 2.36. The van der Waals surface area contributed by atoms with Crippen molar-refractivity contribution in [1.82, 2.24) is 10.2 Å². The van der Waals surface area contributed by atoms with Gasteiger partial charge in [-0.2, -0.15) is 0 Å². The number of aliphatic carboxylic acids is 1. The van der Waals surface area contributed by atoms with Crippen LogP contribution in [0.4, 0.5) is 0 Å². The molecule has 19 heavy (non-hydrogen) atoms. The molecule has 1 heterocycles. The molecule has 1 saturated heterocycles. The summed E-state index contributed by atoms with van der Waals surface area (Å²) in [6.45, 7) is 0.385. The van der Waals surface area contributed by atoms with Gasteiger partial charge in [-0.05, 0) is 23.8 Å². The molecule has 0 aromatic heterocycles. The first-order chi connectivity index (χ1) is 8.97. The molecule has 0 bridgehead atoms. The summed E-state index contributed by atoms with van der Waals surface area (Å²) in [5, 5.41) is 12.7. The van der Waals surface area contributed by atoms with Gasteiger partial charge in [0.1, 0.15) is 6.04 Å². The summed E-state index contributed by atoms with van der Waals surface area (Å²) in [4.78, 5) is 24.1. The number of nitrogens with one attached hydrogen (secondary N) is 1. The van der Waals surface area contributed by atoms with Gasteiger partial charge in [0.25, 0.3) is 0 Å². The Hall–Kier alpha value is -1.30. The molecular formula is C12H12Cl2N2O3. The molecule has 1 unspecified atom stereocenters. The number of carbonyl (C=O) groups is 2. The van der Waals surface area contributed by atoms with Gasteiger partial charge in [0.2, 0.25) is 5.91 Å². The molecule has 1 amide bonds. The van der Waals surface area contributed by atoms with Crippen molar-refractivity contribution in [1.29, 1.82) is 0 Å². The van der Waals surface area contributed by atoms with Gasteiger partial charge in [-0.25, -0.2) is 0 Å². The zero-order valence-corrected chi connectivity index (χ0v) is 11.4. The minimum absolute atomic E-state index is 0.0276. The average Bonchev–Trinajstić information content (AvgIpc) is 2.33. The van der Waals surface area contributed by atoms with Gasteiger partial charge >= 0.3 is 5.97 Å². The van der Waals surface area contributed by atoms with E-state index in [1.807, 2.05) is 0 Å². The van der Waals surface area contributed by atoms with E-state index in [4.69, 9.17) is 28.3 Å². The SMILES string of the molecule is O=C1CN(Cc2cc(Cl)ccc2Cl)C(C(=O)O)CN1. The summed E-state index contributed by atoms with van der Waals surface area (Å²) in [6, 6.07) is 4.23. The van der Waals surface area contributed by atoms with E-state index >= 15 is 0 Å². The Labute approximate surface area is 120 Å². The number of rotatable bonds is 3. The summed E-state index contributed by atoms with van der Waals surface area (Å²) in [5.74, 6) is -1.17. The van der Waals surface area contributed by atoms with Gasteiger partial charge in [-0.1, -0.05) is 23.2 Å². The van der Waals surface area contributed by atoms with Crippen molar-refractivity contribution in [2.75, 3.05) is 13.1 Å². The van der Waals surface area contributed by atoms with Crippen LogP contribution in [-0.2, 0) is 16.1 Å². The minimum Gasteiger partial charge on any atom is -0.480 e. The first-order valence-corrected chi connectivity index (χ1v) is 6.40. The third-order valence-electron chi connectivity index (χ3n) is 2.95. The largest absolute Gasteiger partial charge is 0.480 e. The highest BCUT2D eigenvalue weighted by Gasteiger charge is 2.32. The Morgan fingerprint density at radius 3 is 2.89 bits per heavy atom. The Morgan fingerprint density at radius 2 is 2.21 bits per heavy atom. The number of hydrogen-bond acceptors (Lipinski definition) is 3. The highest BCUT2D eigenvalue weighted by molar-refractivity contribution is 6.33. The normalized spacial score (nSPS) is 20.1. The van der Waals surface area contributed by atoms with E-state index in [0.29, 0.717) is 15.6 Å². The molecule has 1 aliphatic heterocycles. The molecule has 102 valence electrons. The first kappa shape index (κ1) is 14.1. The predicted octanol–water partition coefficient (Wildman–Crippen LogP) is 1.38. The second-order valence-corrected chi connectivity index (χ2v) is 5.14. The third-order valence-corrected chi connectivity index (χ3v) is 3.55. The van der Waals surface area contributed by atoms with Crippen molar-refractivity contribution in [3.8, 4) is 0 Å². The fraction of sp³-hybridized carbons (Fsp3) is 0.333. The van der Waals surface area contributed by atoms with Crippen LogP contribution in [0.25, 0.3) is 0 Å². The lowest BCUT2D eigenvalue weighted by molar-refractivity contribution is -0.146. The maximum Gasteiger partial charge on any atom is 0.322 e. The third kappa shape index (κ3) is 3.37. The van der Waals surface area contributed by atoms with E-state index in [-0.39, 0.29) is 25.5 Å². The molecule has 0 saturated carbocycles. The Bertz CT molecular complexity index is 522. The van der Waals surface area contributed by atoms with Crippen molar-refractivity contribution in [2.24, 2.45) is 0 Å². The summed E-state index contributed by atoms with van der Waals surface area (Å²) in [7, 11) is 0. The molecule has 2 rings (SSSR count). The molecular weight excluding hydrogens is 291 g/mol. The molecule has 1 aromatic carbocycles. The van der Waals surface area contributed by atoms with Crippen molar-refractivity contribution in [3.63, 3.8) is 0 Å². The lowest BCUT2D eigenvalue weighted by atomic mass is 10.1. The number of amides is 1. The van der Waals surface area contributed by atoms with Gasteiger partial charge in [0, 0.05) is 23.1 Å². The van der Waals surface area contributed by atoms with Crippen molar-refractivity contribution < 1.29 is 14.7 Å². The molecule has 1 aliphatic rings. The molecule has 0 spiro atoms. The molecule has 0 aliphatic carbocycles. The van der Waals surface area contributed by atoms with Gasteiger partial charge in [0.15, 0.2) is 0 Å². The average molecular weight is 303 g/mol. The van der Waals surface area contributed by atoms with Crippen LogP contribution in [0.1, 0.15) is 5.56 Å². The molecule has 5 nitrogen and oxygen atoms in total. The summed E-state index contributed by atoms with van der Waals surface area (Å²) in [6.07, 6.45) is 0. The van der Waals surface area contributed by atoms with Gasteiger partial charge in [-0.15, -0.1) is 0 Å². The summed E-state index contributed by atoms with van der Waals surface area (Å²) < 4.78 is 0. The number of piperazine rings is 1. The number of carboxylic acids is 1.